The molecule has 42 heavy (non-hydrogen) atoms. The summed E-state index contributed by atoms with van der Waals surface area (Å²) < 4.78 is 1.91. The van der Waals surface area contributed by atoms with Crippen LogP contribution in [0.2, 0.25) is 0 Å². The normalized spacial score (nSPS) is 24.5. The van der Waals surface area contributed by atoms with E-state index in [2.05, 4.69) is 34.3 Å². The summed E-state index contributed by atoms with van der Waals surface area (Å²) in [6, 6.07) is 19.0. The van der Waals surface area contributed by atoms with Crippen molar-refractivity contribution in [3.63, 3.8) is 0 Å². The summed E-state index contributed by atoms with van der Waals surface area (Å²) in [7, 11) is 0. The van der Waals surface area contributed by atoms with E-state index in [-0.39, 0.29) is 46.2 Å². The Kier molecular flexibility index (Phi) is 5.80. The fourth-order valence-electron chi connectivity index (χ4n) is 8.13. The number of hydrogen-bond donors (Lipinski definition) is 2. The van der Waals surface area contributed by atoms with E-state index in [0.717, 1.165) is 35.3 Å². The van der Waals surface area contributed by atoms with Crippen LogP contribution in [0, 0.1) is 17.0 Å². The molecular formula is C33H32N5O4-. The third-order valence-electron chi connectivity index (χ3n) is 9.98. The number of rotatable bonds is 3. The van der Waals surface area contributed by atoms with Crippen LogP contribution in [0.4, 0.5) is 11.4 Å². The Hall–Kier alpha value is -4.34. The number of benzene rings is 2. The minimum absolute atomic E-state index is 0.0174. The predicted octanol–water partition coefficient (Wildman–Crippen LogP) is 4.50. The Morgan fingerprint density at radius 1 is 1.07 bits per heavy atom. The molecule has 2 aromatic carbocycles. The van der Waals surface area contributed by atoms with Crippen LogP contribution in [0.3, 0.4) is 0 Å². The zero-order valence-electron chi connectivity index (χ0n) is 23.1. The van der Waals surface area contributed by atoms with Crippen LogP contribution in [0.15, 0.2) is 77.7 Å². The first-order valence-corrected chi connectivity index (χ1v) is 14.8. The van der Waals surface area contributed by atoms with Gasteiger partial charge in [-0.3, -0.25) is 14.8 Å². The second kappa shape index (κ2) is 9.61. The highest BCUT2D eigenvalue weighted by Gasteiger charge is 2.50. The predicted molar refractivity (Wildman–Crippen MR) is 161 cm³/mol. The number of aromatic amines is 1. The van der Waals surface area contributed by atoms with Gasteiger partial charge in [-0.2, -0.15) is 0 Å². The van der Waals surface area contributed by atoms with Gasteiger partial charge >= 0.3 is 0 Å². The number of aromatic nitrogens is 2. The number of piperidine rings is 1. The standard InChI is InChI=1S/C33H32N5O4/c39-31-7-3-6-29-22-14-23(19-36(29)31)32-26(16-21-15-24(38(41)42)8-9-30(21)37(32)18-22)33(40)35-12-10-20(11-13-35)27-17-34-28-5-2-1-4-25(27)28/h1-10,15,17,22-23,26,32,34,41H,11-14,16,18-19H2/q-1. The second-order valence-corrected chi connectivity index (χ2v) is 12.1. The largest absolute Gasteiger partial charge is 0.733 e. The molecule has 9 heteroatoms. The number of para-hydroxylation sites is 1. The summed E-state index contributed by atoms with van der Waals surface area (Å²) in [5, 5.41) is 22.5. The Bertz CT molecular complexity index is 1810. The van der Waals surface area contributed by atoms with Gasteiger partial charge in [0.1, 0.15) is 0 Å². The summed E-state index contributed by atoms with van der Waals surface area (Å²) in [5.74, 6) is 0.124. The molecule has 214 valence electrons. The average Bonchev–Trinajstić information content (AvgIpc) is 3.45. The van der Waals surface area contributed by atoms with Gasteiger partial charge in [-0.1, -0.05) is 30.3 Å². The topological polar surface area (TPSA) is 108 Å². The maximum Gasteiger partial charge on any atom is 0.250 e. The number of carbonyl (C=O) groups is 1. The van der Waals surface area contributed by atoms with Crippen molar-refractivity contribution in [3.05, 3.63) is 105 Å². The number of anilines is 2. The zero-order chi connectivity index (χ0) is 28.5. The number of hydrogen-bond acceptors (Lipinski definition) is 6. The van der Waals surface area contributed by atoms with Gasteiger partial charge in [0.15, 0.2) is 0 Å². The van der Waals surface area contributed by atoms with Gasteiger partial charge in [0.2, 0.25) is 5.91 Å². The first kappa shape index (κ1) is 25.4. The maximum absolute atomic E-state index is 14.4. The van der Waals surface area contributed by atoms with E-state index in [1.807, 2.05) is 39.8 Å². The number of nitrogens with zero attached hydrogens (tertiary/aromatic N) is 4. The van der Waals surface area contributed by atoms with Crippen LogP contribution >= 0.6 is 0 Å². The third kappa shape index (κ3) is 3.91. The first-order chi connectivity index (χ1) is 20.5. The molecular weight excluding hydrogens is 530 g/mol. The Morgan fingerprint density at radius 3 is 2.79 bits per heavy atom. The maximum atomic E-state index is 14.4. The van der Waals surface area contributed by atoms with E-state index in [9.17, 15) is 20.0 Å². The van der Waals surface area contributed by atoms with Crippen molar-refractivity contribution in [2.45, 2.75) is 37.8 Å². The molecule has 6 heterocycles. The SMILES string of the molecule is O=C(C1Cc2cc(N([O-])O)ccc2N2CC3CC(Cn4c3cccc4=O)C12)N1CC=C(c2c[nH]c3ccccc23)CC1. The molecule has 4 aliphatic rings. The smallest absolute Gasteiger partial charge is 0.250 e. The average molecular weight is 563 g/mol. The van der Waals surface area contributed by atoms with Crippen LogP contribution in [0.5, 0.6) is 0 Å². The van der Waals surface area contributed by atoms with Crippen molar-refractivity contribution in [1.29, 1.82) is 0 Å². The highest BCUT2D eigenvalue weighted by atomic mass is 16.8. The molecule has 2 N–H and O–H groups in total. The van der Waals surface area contributed by atoms with Gasteiger partial charge in [-0.15, -0.1) is 0 Å². The molecule has 0 aliphatic carbocycles. The van der Waals surface area contributed by atoms with Crippen molar-refractivity contribution >= 4 is 33.8 Å². The van der Waals surface area contributed by atoms with Gasteiger partial charge in [0.05, 0.1) is 11.6 Å². The van der Waals surface area contributed by atoms with Crippen molar-refractivity contribution < 1.29 is 10.0 Å². The monoisotopic (exact) mass is 562 g/mol. The molecule has 8 rings (SSSR count). The van der Waals surface area contributed by atoms with Crippen LogP contribution < -0.4 is 15.7 Å². The number of pyridine rings is 1. The van der Waals surface area contributed by atoms with Gasteiger partial charge in [0, 0.05) is 78.2 Å². The molecule has 1 saturated heterocycles. The molecule has 4 unspecified atom stereocenters. The number of nitrogens with one attached hydrogen (secondary N) is 1. The molecule has 4 aliphatic heterocycles. The molecule has 2 aromatic heterocycles. The summed E-state index contributed by atoms with van der Waals surface area (Å²) in [6.45, 7) is 2.48. The summed E-state index contributed by atoms with van der Waals surface area (Å²) in [4.78, 5) is 34.9. The Morgan fingerprint density at radius 2 is 1.95 bits per heavy atom. The molecule has 4 aromatic rings. The summed E-state index contributed by atoms with van der Waals surface area (Å²) in [6.07, 6.45) is 6.45. The molecule has 4 atom stereocenters. The molecule has 0 radical (unpaired) electrons. The van der Waals surface area contributed by atoms with E-state index in [0.29, 0.717) is 32.6 Å². The lowest BCUT2D eigenvalue weighted by molar-refractivity contribution is -0.137. The van der Waals surface area contributed by atoms with E-state index in [1.54, 1.807) is 18.2 Å². The summed E-state index contributed by atoms with van der Waals surface area (Å²) >= 11 is 0. The molecule has 0 spiro atoms. The number of H-pyrrole nitrogens is 1. The second-order valence-electron chi connectivity index (χ2n) is 12.1. The molecule has 2 bridgehead atoms. The van der Waals surface area contributed by atoms with E-state index >= 15 is 0 Å². The van der Waals surface area contributed by atoms with Crippen molar-refractivity contribution in [2.75, 3.05) is 29.8 Å². The minimum Gasteiger partial charge on any atom is -0.733 e. The fourth-order valence-corrected chi connectivity index (χ4v) is 8.13. The third-order valence-corrected chi connectivity index (χ3v) is 9.98. The van der Waals surface area contributed by atoms with Gasteiger partial charge in [-0.05, 0) is 66.6 Å². The first-order valence-electron chi connectivity index (χ1n) is 14.8. The van der Waals surface area contributed by atoms with E-state index in [4.69, 9.17) is 0 Å². The van der Waals surface area contributed by atoms with E-state index in [1.165, 1.54) is 16.5 Å². The van der Waals surface area contributed by atoms with E-state index < -0.39 is 0 Å². The molecule has 1 amide bonds. The lowest BCUT2D eigenvalue weighted by Crippen LogP contribution is -2.61. The lowest BCUT2D eigenvalue weighted by atomic mass is 9.69. The summed E-state index contributed by atoms with van der Waals surface area (Å²) in [5.41, 5.74) is 6.69. The number of fused-ring (bicyclic) bond motifs is 9. The van der Waals surface area contributed by atoms with Crippen LogP contribution in [-0.4, -0.2) is 51.2 Å². The zero-order valence-corrected chi connectivity index (χ0v) is 23.1. The van der Waals surface area contributed by atoms with Crippen molar-refractivity contribution in [3.8, 4) is 0 Å². The fraction of sp³-hybridized carbons (Fsp3) is 0.333. The molecule has 9 nitrogen and oxygen atoms in total. The van der Waals surface area contributed by atoms with Gasteiger partial charge < -0.3 is 29.8 Å². The quantitative estimate of drug-likeness (QED) is 0.356. The lowest BCUT2D eigenvalue weighted by Gasteiger charge is -2.55. The van der Waals surface area contributed by atoms with Crippen LogP contribution in [0.1, 0.15) is 35.6 Å². The number of carbonyl (C=O) groups excluding carboxylic acids is 1. The Balaban J connectivity index is 1.14. The van der Waals surface area contributed by atoms with Crippen molar-refractivity contribution in [2.24, 2.45) is 11.8 Å². The number of amides is 1. The minimum atomic E-state index is -0.318. The molecule has 0 saturated carbocycles. The van der Waals surface area contributed by atoms with Crippen LogP contribution in [-0.2, 0) is 17.8 Å². The van der Waals surface area contributed by atoms with Gasteiger partial charge in [-0.25, -0.2) is 0 Å². The molecule has 1 fully saturated rings. The highest BCUT2D eigenvalue weighted by Crippen LogP contribution is 2.48. The van der Waals surface area contributed by atoms with Crippen molar-refractivity contribution in [1.82, 2.24) is 14.5 Å². The Labute approximate surface area is 242 Å². The highest BCUT2D eigenvalue weighted by molar-refractivity contribution is 5.93. The van der Waals surface area contributed by atoms with Crippen LogP contribution in [0.25, 0.3) is 16.5 Å². The van der Waals surface area contributed by atoms with Gasteiger partial charge in [0.25, 0.3) is 5.56 Å².